The van der Waals surface area contributed by atoms with Gasteiger partial charge in [0.05, 0.1) is 24.1 Å². The average Bonchev–Trinajstić information content (AvgIpc) is 2.93. The van der Waals surface area contributed by atoms with Crippen LogP contribution in [0.4, 0.5) is 0 Å². The molecule has 0 spiro atoms. The van der Waals surface area contributed by atoms with Gasteiger partial charge in [0.25, 0.3) is 0 Å². The van der Waals surface area contributed by atoms with Crippen LogP contribution in [-0.4, -0.2) is 86.2 Å². The molecular formula is C10H14BaO6. The Labute approximate surface area is 140 Å². The second-order valence-electron chi connectivity index (χ2n) is 3.64. The van der Waals surface area contributed by atoms with E-state index in [2.05, 4.69) is 0 Å². The van der Waals surface area contributed by atoms with Crippen molar-refractivity contribution in [2.75, 3.05) is 13.2 Å². The van der Waals surface area contributed by atoms with Crippen molar-refractivity contribution in [1.29, 1.82) is 0 Å². The molecule has 2 aliphatic rings. The van der Waals surface area contributed by atoms with Crippen molar-refractivity contribution >= 4 is 60.8 Å². The van der Waals surface area contributed by atoms with Crippen LogP contribution in [0.5, 0.6) is 0 Å². The van der Waals surface area contributed by atoms with Crippen LogP contribution in [0.2, 0.25) is 0 Å². The van der Waals surface area contributed by atoms with Crippen molar-refractivity contribution < 1.29 is 29.3 Å². The van der Waals surface area contributed by atoms with Gasteiger partial charge in [-0.3, -0.25) is 0 Å². The molecule has 2 atom stereocenters. The van der Waals surface area contributed by atoms with E-state index in [1.165, 1.54) is 0 Å². The summed E-state index contributed by atoms with van der Waals surface area (Å²) < 4.78 is 9.50. The van der Waals surface area contributed by atoms with E-state index in [0.29, 0.717) is 26.1 Å². The van der Waals surface area contributed by atoms with Crippen LogP contribution in [-0.2, 0) is 19.1 Å². The Kier molecular flexibility index (Phi) is 9.61. The summed E-state index contributed by atoms with van der Waals surface area (Å²) in [6.07, 6.45) is 1.66. The number of carbonyl (C=O) groups is 2. The summed E-state index contributed by atoms with van der Waals surface area (Å²) in [6.45, 7) is 1.14. The summed E-state index contributed by atoms with van der Waals surface area (Å²) in [5.41, 5.74) is 0. The van der Waals surface area contributed by atoms with Crippen molar-refractivity contribution in [1.82, 2.24) is 0 Å². The second kappa shape index (κ2) is 9.37. The number of rotatable bonds is 2. The maximum atomic E-state index is 9.97. The topological polar surface area (TPSA) is 98.7 Å². The molecule has 2 fully saturated rings. The van der Waals surface area contributed by atoms with Crippen molar-refractivity contribution in [3.63, 3.8) is 0 Å². The first-order valence-corrected chi connectivity index (χ1v) is 5.26. The molecule has 0 aromatic heterocycles. The summed E-state index contributed by atoms with van der Waals surface area (Å²) in [4.78, 5) is 19.9. The van der Waals surface area contributed by atoms with Crippen molar-refractivity contribution in [2.24, 2.45) is 0 Å². The Hall–Kier alpha value is 0.431. The minimum absolute atomic E-state index is 0. The number of hydrogen-bond donors (Lipinski definition) is 0. The molecule has 2 saturated heterocycles. The quantitative estimate of drug-likeness (QED) is 0.498. The zero-order valence-corrected chi connectivity index (χ0v) is 14.0. The SMILES string of the molecule is O=C([O-])C1CCCO1.O=C([O-])C1CCCO1.[Ba+2]. The molecule has 0 radical (unpaired) electrons. The van der Waals surface area contributed by atoms with E-state index in [1.807, 2.05) is 0 Å². The molecule has 0 saturated carbocycles. The first kappa shape index (κ1) is 17.4. The monoisotopic (exact) mass is 368 g/mol. The average molecular weight is 368 g/mol. The summed E-state index contributed by atoms with van der Waals surface area (Å²) in [5.74, 6) is -2.16. The first-order valence-electron chi connectivity index (χ1n) is 5.26. The summed E-state index contributed by atoms with van der Waals surface area (Å²) in [7, 11) is 0. The molecule has 2 aliphatic heterocycles. The van der Waals surface area contributed by atoms with Gasteiger partial charge in [0.15, 0.2) is 0 Å². The van der Waals surface area contributed by atoms with E-state index in [-0.39, 0.29) is 48.9 Å². The molecule has 2 unspecified atom stereocenters. The van der Waals surface area contributed by atoms with Crippen LogP contribution < -0.4 is 10.2 Å². The second-order valence-corrected chi connectivity index (χ2v) is 3.64. The molecule has 92 valence electrons. The van der Waals surface area contributed by atoms with E-state index in [4.69, 9.17) is 9.47 Å². The van der Waals surface area contributed by atoms with Crippen LogP contribution in [0, 0.1) is 0 Å². The van der Waals surface area contributed by atoms with Gasteiger partial charge < -0.3 is 29.3 Å². The zero-order valence-electron chi connectivity index (χ0n) is 9.55. The third kappa shape index (κ3) is 6.80. The predicted molar refractivity (Wildman–Crippen MR) is 53.7 cm³/mol. The Morgan fingerprint density at radius 3 is 1.35 bits per heavy atom. The fraction of sp³-hybridized carbons (Fsp3) is 0.800. The largest absolute Gasteiger partial charge is 2.00 e. The maximum Gasteiger partial charge on any atom is 2.00 e. The molecule has 0 amide bonds. The van der Waals surface area contributed by atoms with Crippen molar-refractivity contribution in [3.8, 4) is 0 Å². The number of hydrogen-bond acceptors (Lipinski definition) is 6. The van der Waals surface area contributed by atoms with Gasteiger partial charge in [-0.15, -0.1) is 0 Å². The first-order chi connectivity index (χ1) is 7.61. The molecule has 17 heavy (non-hydrogen) atoms. The Morgan fingerprint density at radius 1 is 0.882 bits per heavy atom. The van der Waals surface area contributed by atoms with Crippen LogP contribution in [0.1, 0.15) is 25.7 Å². The maximum absolute atomic E-state index is 9.97. The summed E-state index contributed by atoms with van der Waals surface area (Å²) >= 11 is 0. The van der Waals surface area contributed by atoms with Crippen LogP contribution in [0.3, 0.4) is 0 Å². The minimum atomic E-state index is -1.08. The molecular weight excluding hydrogens is 353 g/mol. The van der Waals surface area contributed by atoms with E-state index < -0.39 is 24.1 Å². The number of ether oxygens (including phenoxy) is 2. The summed E-state index contributed by atoms with van der Waals surface area (Å²) in [6, 6.07) is 0. The molecule has 0 aromatic rings. The smallest absolute Gasteiger partial charge is 0.547 e. The number of carboxylic acid groups (broad SMARTS) is 2. The van der Waals surface area contributed by atoms with E-state index in [9.17, 15) is 19.8 Å². The van der Waals surface area contributed by atoms with Gasteiger partial charge in [-0.2, -0.15) is 0 Å². The van der Waals surface area contributed by atoms with E-state index in [0.717, 1.165) is 12.8 Å². The van der Waals surface area contributed by atoms with Gasteiger partial charge in [0.2, 0.25) is 0 Å². The third-order valence-electron chi connectivity index (χ3n) is 2.39. The van der Waals surface area contributed by atoms with Crippen molar-refractivity contribution in [2.45, 2.75) is 37.9 Å². The van der Waals surface area contributed by atoms with Gasteiger partial charge in [-0.1, -0.05) is 0 Å². The molecule has 0 aromatic carbocycles. The normalized spacial score (nSPS) is 26.6. The summed E-state index contributed by atoms with van der Waals surface area (Å²) in [5, 5.41) is 19.9. The zero-order chi connectivity index (χ0) is 12.0. The molecule has 0 N–H and O–H groups in total. The predicted octanol–water partition coefficient (Wildman–Crippen LogP) is -2.55. The Morgan fingerprint density at radius 2 is 1.24 bits per heavy atom. The van der Waals surface area contributed by atoms with Gasteiger partial charge in [0.1, 0.15) is 0 Å². The molecule has 0 bridgehead atoms. The molecule has 6 nitrogen and oxygen atoms in total. The Bertz CT molecular complexity index is 219. The minimum Gasteiger partial charge on any atom is -0.547 e. The molecule has 7 heteroatoms. The van der Waals surface area contributed by atoms with Gasteiger partial charge in [-0.25, -0.2) is 0 Å². The van der Waals surface area contributed by atoms with E-state index >= 15 is 0 Å². The number of carbonyl (C=O) groups excluding carboxylic acids is 2. The Balaban J connectivity index is 0.000000284. The fourth-order valence-electron chi connectivity index (χ4n) is 1.53. The standard InChI is InChI=1S/2C5H8O3.Ba/c2*6-5(7)4-2-1-3-8-4;/h2*4H,1-3H2,(H,6,7);/q;;+2/p-2. The fourth-order valence-corrected chi connectivity index (χ4v) is 1.53. The third-order valence-corrected chi connectivity index (χ3v) is 2.39. The van der Waals surface area contributed by atoms with Crippen LogP contribution in [0.15, 0.2) is 0 Å². The molecule has 0 aliphatic carbocycles. The van der Waals surface area contributed by atoms with Crippen molar-refractivity contribution in [3.05, 3.63) is 0 Å². The van der Waals surface area contributed by atoms with Gasteiger partial charge in [0, 0.05) is 13.2 Å². The van der Waals surface area contributed by atoms with Gasteiger partial charge in [-0.05, 0) is 25.7 Å². The number of aliphatic carboxylic acids is 2. The molecule has 2 heterocycles. The van der Waals surface area contributed by atoms with Crippen LogP contribution >= 0.6 is 0 Å². The van der Waals surface area contributed by atoms with Gasteiger partial charge >= 0.3 is 48.9 Å². The molecule has 2 rings (SSSR count). The van der Waals surface area contributed by atoms with E-state index in [1.54, 1.807) is 0 Å². The van der Waals surface area contributed by atoms with Crippen LogP contribution in [0.25, 0.3) is 0 Å². The number of carboxylic acids is 2.